The molecule has 0 aliphatic heterocycles. The number of benzene rings is 1. The Morgan fingerprint density at radius 2 is 1.72 bits per heavy atom. The van der Waals surface area contributed by atoms with Gasteiger partial charge in [0.15, 0.2) is 0 Å². The number of hydrogen-bond donors (Lipinski definition) is 1. The predicted molar refractivity (Wildman–Crippen MR) is 81.6 cm³/mol. The van der Waals surface area contributed by atoms with Crippen LogP contribution < -0.4 is 5.32 Å². The van der Waals surface area contributed by atoms with Crippen LogP contribution >= 0.6 is 23.2 Å². The third-order valence-electron chi connectivity index (χ3n) is 3.40. The maximum Gasteiger partial charge on any atom is 0.0468 e. The molecule has 0 spiro atoms. The normalized spacial score (nSPS) is 13.0. The summed E-state index contributed by atoms with van der Waals surface area (Å²) in [6.07, 6.45) is 4.85. The van der Waals surface area contributed by atoms with Gasteiger partial charge < -0.3 is 5.32 Å². The lowest BCUT2D eigenvalue weighted by Crippen LogP contribution is -2.25. The molecule has 0 bridgehead atoms. The molecule has 18 heavy (non-hydrogen) atoms. The van der Waals surface area contributed by atoms with Crippen LogP contribution in [0.4, 0.5) is 0 Å². The van der Waals surface area contributed by atoms with Crippen LogP contribution in [0.3, 0.4) is 0 Å². The molecule has 1 N–H and O–H groups in total. The van der Waals surface area contributed by atoms with Gasteiger partial charge in [-0.25, -0.2) is 0 Å². The molecule has 0 fully saturated rings. The van der Waals surface area contributed by atoms with Crippen molar-refractivity contribution in [2.45, 2.75) is 45.6 Å². The van der Waals surface area contributed by atoms with E-state index in [0.29, 0.717) is 17.0 Å². The van der Waals surface area contributed by atoms with Crippen LogP contribution in [0.2, 0.25) is 10.0 Å². The van der Waals surface area contributed by atoms with E-state index in [-0.39, 0.29) is 0 Å². The van der Waals surface area contributed by atoms with E-state index < -0.39 is 0 Å². The van der Waals surface area contributed by atoms with Gasteiger partial charge in [-0.1, -0.05) is 56.0 Å². The second-order valence-electron chi connectivity index (χ2n) is 4.77. The maximum atomic E-state index is 6.32. The summed E-state index contributed by atoms with van der Waals surface area (Å²) in [4.78, 5) is 0. The Hall–Kier alpha value is -0.240. The number of rotatable bonds is 7. The maximum absolute atomic E-state index is 6.32. The highest BCUT2D eigenvalue weighted by Crippen LogP contribution is 2.34. The fourth-order valence-electron chi connectivity index (χ4n) is 2.62. The molecule has 3 heteroatoms. The summed E-state index contributed by atoms with van der Waals surface area (Å²) in [7, 11) is 2.01. The second kappa shape index (κ2) is 8.04. The number of halogens is 2. The molecule has 0 aliphatic rings. The summed E-state index contributed by atoms with van der Waals surface area (Å²) in [6.45, 7) is 4.47. The molecule has 1 nitrogen and oxygen atoms in total. The quantitative estimate of drug-likeness (QED) is 0.701. The Kier molecular flexibility index (Phi) is 7.06. The van der Waals surface area contributed by atoms with Crippen LogP contribution in [0.15, 0.2) is 18.2 Å². The van der Waals surface area contributed by atoms with Gasteiger partial charge in [0.25, 0.3) is 0 Å². The molecular weight excluding hydrogens is 265 g/mol. The highest BCUT2D eigenvalue weighted by molar-refractivity contribution is 6.35. The molecule has 1 atom stereocenters. The van der Waals surface area contributed by atoms with Crippen LogP contribution in [-0.4, -0.2) is 7.05 Å². The molecule has 1 unspecified atom stereocenters. The van der Waals surface area contributed by atoms with Crippen LogP contribution in [0, 0.1) is 5.92 Å². The van der Waals surface area contributed by atoms with E-state index in [2.05, 4.69) is 19.2 Å². The Bertz CT molecular complexity index is 360. The molecule has 1 aromatic carbocycles. The monoisotopic (exact) mass is 287 g/mol. The number of hydrogen-bond acceptors (Lipinski definition) is 1. The fourth-order valence-corrected chi connectivity index (χ4v) is 3.14. The largest absolute Gasteiger partial charge is 0.313 e. The lowest BCUT2D eigenvalue weighted by molar-refractivity contribution is 0.331. The lowest BCUT2D eigenvalue weighted by atomic mass is 9.86. The van der Waals surface area contributed by atoms with Gasteiger partial charge in [-0.05, 0) is 43.5 Å². The van der Waals surface area contributed by atoms with Crippen LogP contribution in [0.1, 0.15) is 51.1 Å². The zero-order valence-electron chi connectivity index (χ0n) is 11.5. The van der Waals surface area contributed by atoms with E-state index in [1.54, 1.807) is 0 Å². The van der Waals surface area contributed by atoms with Crippen LogP contribution in [0.25, 0.3) is 0 Å². The minimum atomic E-state index is 0.315. The molecule has 0 amide bonds. The molecule has 1 aromatic rings. The Morgan fingerprint density at radius 1 is 1.11 bits per heavy atom. The van der Waals surface area contributed by atoms with Gasteiger partial charge in [-0.2, -0.15) is 0 Å². The molecule has 0 heterocycles. The van der Waals surface area contributed by atoms with Gasteiger partial charge in [-0.15, -0.1) is 0 Å². The third kappa shape index (κ3) is 4.15. The molecule has 102 valence electrons. The van der Waals surface area contributed by atoms with E-state index in [9.17, 15) is 0 Å². The topological polar surface area (TPSA) is 12.0 Å². The van der Waals surface area contributed by atoms with Crippen molar-refractivity contribution in [3.63, 3.8) is 0 Å². The summed E-state index contributed by atoms with van der Waals surface area (Å²) in [6, 6.07) is 6.11. The third-order valence-corrected chi connectivity index (χ3v) is 3.96. The first-order valence-electron chi connectivity index (χ1n) is 6.76. The summed E-state index contributed by atoms with van der Waals surface area (Å²) < 4.78 is 0. The minimum Gasteiger partial charge on any atom is -0.313 e. The van der Waals surface area contributed by atoms with Gasteiger partial charge in [0.05, 0.1) is 0 Å². The van der Waals surface area contributed by atoms with Crippen molar-refractivity contribution >= 4 is 23.2 Å². The summed E-state index contributed by atoms with van der Waals surface area (Å²) in [5.41, 5.74) is 1.16. The minimum absolute atomic E-state index is 0.315. The van der Waals surface area contributed by atoms with Crippen molar-refractivity contribution < 1.29 is 0 Å². The molecule has 0 saturated carbocycles. The summed E-state index contributed by atoms with van der Waals surface area (Å²) in [5.74, 6) is 0.628. The first-order chi connectivity index (χ1) is 8.63. The van der Waals surface area contributed by atoms with Crippen molar-refractivity contribution in [2.75, 3.05) is 7.05 Å². The predicted octanol–water partition coefficient (Wildman–Crippen LogP) is 5.47. The SMILES string of the molecule is CCCC(CCC)C(NC)c1ccc(Cl)cc1Cl. The standard InChI is InChI=1S/C15H23Cl2N/c1-4-6-11(7-5-2)15(18-3)13-9-8-12(16)10-14(13)17/h8-11,15,18H,4-7H2,1-3H3. The van der Waals surface area contributed by atoms with Gasteiger partial charge in [0, 0.05) is 16.1 Å². The average Bonchev–Trinajstić information content (AvgIpc) is 2.33. The zero-order valence-corrected chi connectivity index (χ0v) is 13.0. The van der Waals surface area contributed by atoms with E-state index >= 15 is 0 Å². The van der Waals surface area contributed by atoms with Gasteiger partial charge in [-0.3, -0.25) is 0 Å². The van der Waals surface area contributed by atoms with E-state index in [0.717, 1.165) is 10.6 Å². The van der Waals surface area contributed by atoms with Gasteiger partial charge in [0.2, 0.25) is 0 Å². The molecule has 0 radical (unpaired) electrons. The Balaban J connectivity index is 2.98. The number of nitrogens with one attached hydrogen (secondary N) is 1. The summed E-state index contributed by atoms with van der Waals surface area (Å²) in [5, 5.41) is 4.88. The first-order valence-corrected chi connectivity index (χ1v) is 7.51. The highest BCUT2D eigenvalue weighted by Gasteiger charge is 2.22. The van der Waals surface area contributed by atoms with Crippen molar-refractivity contribution in [1.82, 2.24) is 5.32 Å². The first kappa shape index (κ1) is 15.8. The van der Waals surface area contributed by atoms with E-state index in [4.69, 9.17) is 23.2 Å². The van der Waals surface area contributed by atoms with Gasteiger partial charge >= 0.3 is 0 Å². The van der Waals surface area contributed by atoms with Crippen molar-refractivity contribution in [2.24, 2.45) is 5.92 Å². The Morgan fingerprint density at radius 3 is 2.17 bits per heavy atom. The van der Waals surface area contributed by atoms with Crippen molar-refractivity contribution in [3.05, 3.63) is 33.8 Å². The molecule has 1 rings (SSSR count). The molecule has 0 aliphatic carbocycles. The van der Waals surface area contributed by atoms with Gasteiger partial charge in [0.1, 0.15) is 0 Å². The Labute approximate surface area is 121 Å². The lowest BCUT2D eigenvalue weighted by Gasteiger charge is -2.27. The van der Waals surface area contributed by atoms with E-state index in [1.807, 2.05) is 25.2 Å². The smallest absolute Gasteiger partial charge is 0.0468 e. The average molecular weight is 288 g/mol. The molecule has 0 saturated heterocycles. The zero-order chi connectivity index (χ0) is 13.5. The fraction of sp³-hybridized carbons (Fsp3) is 0.600. The summed E-state index contributed by atoms with van der Waals surface area (Å²) >= 11 is 12.3. The molecule has 0 aromatic heterocycles. The van der Waals surface area contributed by atoms with E-state index in [1.165, 1.54) is 25.7 Å². The van der Waals surface area contributed by atoms with Crippen molar-refractivity contribution in [1.29, 1.82) is 0 Å². The second-order valence-corrected chi connectivity index (χ2v) is 5.61. The van der Waals surface area contributed by atoms with Crippen LogP contribution in [-0.2, 0) is 0 Å². The van der Waals surface area contributed by atoms with Crippen LogP contribution in [0.5, 0.6) is 0 Å². The molecular formula is C15H23Cl2N. The van der Waals surface area contributed by atoms with Crippen molar-refractivity contribution in [3.8, 4) is 0 Å². The highest BCUT2D eigenvalue weighted by atomic mass is 35.5.